The molecule has 0 saturated carbocycles. The number of carbonyl (C=O) groups is 1. The van der Waals surface area contributed by atoms with Crippen molar-refractivity contribution in [2.75, 3.05) is 13.1 Å². The van der Waals surface area contributed by atoms with Crippen LogP contribution in [-0.2, 0) is 0 Å². The zero-order valence-corrected chi connectivity index (χ0v) is 12.0. The topological polar surface area (TPSA) is 59.0 Å². The van der Waals surface area contributed by atoms with Crippen LogP contribution < -0.4 is 10.6 Å². The van der Waals surface area contributed by atoms with E-state index in [4.69, 9.17) is 0 Å². The fraction of sp³-hybridized carbons (Fsp3) is 0.375. The van der Waals surface area contributed by atoms with Gasteiger partial charge in [0.15, 0.2) is 0 Å². The van der Waals surface area contributed by atoms with Gasteiger partial charge in [-0.25, -0.2) is 4.68 Å². The molecule has 0 spiro atoms. The lowest BCUT2D eigenvalue weighted by atomic mass is 10.1. The van der Waals surface area contributed by atoms with Crippen LogP contribution in [0.2, 0.25) is 0 Å². The first-order valence-electron chi connectivity index (χ1n) is 7.44. The van der Waals surface area contributed by atoms with Crippen LogP contribution in [0.25, 0.3) is 5.69 Å². The maximum Gasteiger partial charge on any atom is 0.254 e. The largest absolute Gasteiger partial charge is 0.349 e. The minimum Gasteiger partial charge on any atom is -0.349 e. The second-order valence-electron chi connectivity index (χ2n) is 5.36. The molecule has 110 valence electrons. The molecule has 1 aliphatic rings. The van der Waals surface area contributed by atoms with Gasteiger partial charge in [-0.05, 0) is 44.5 Å². The Kier molecular flexibility index (Phi) is 4.31. The Morgan fingerprint density at radius 1 is 1.24 bits per heavy atom. The van der Waals surface area contributed by atoms with E-state index in [0.717, 1.165) is 38.0 Å². The lowest BCUT2D eigenvalue weighted by Crippen LogP contribution is -2.35. The van der Waals surface area contributed by atoms with Crippen LogP contribution in [0.15, 0.2) is 42.7 Å². The Morgan fingerprint density at radius 2 is 2.10 bits per heavy atom. The van der Waals surface area contributed by atoms with Crippen molar-refractivity contribution in [2.24, 2.45) is 0 Å². The van der Waals surface area contributed by atoms with E-state index in [1.54, 1.807) is 17.1 Å². The summed E-state index contributed by atoms with van der Waals surface area (Å²) in [7, 11) is 0. The Bertz CT molecular complexity index is 585. The summed E-state index contributed by atoms with van der Waals surface area (Å²) in [5, 5.41) is 10.7. The molecule has 1 saturated heterocycles. The van der Waals surface area contributed by atoms with Gasteiger partial charge in [0.2, 0.25) is 0 Å². The first-order valence-corrected chi connectivity index (χ1v) is 7.44. The van der Waals surface area contributed by atoms with Crippen LogP contribution in [0, 0.1) is 0 Å². The molecule has 0 aliphatic carbocycles. The number of aromatic nitrogens is 2. The highest BCUT2D eigenvalue weighted by Gasteiger charge is 2.16. The van der Waals surface area contributed by atoms with Crippen LogP contribution in [0.4, 0.5) is 0 Å². The molecule has 1 fully saturated rings. The van der Waals surface area contributed by atoms with Gasteiger partial charge in [-0.2, -0.15) is 5.10 Å². The number of amides is 1. The van der Waals surface area contributed by atoms with Crippen LogP contribution in [0.1, 0.15) is 29.6 Å². The maximum absolute atomic E-state index is 12.3. The van der Waals surface area contributed by atoms with Crippen LogP contribution in [0.5, 0.6) is 0 Å². The molecule has 1 aromatic carbocycles. The van der Waals surface area contributed by atoms with Crippen LogP contribution in [-0.4, -0.2) is 34.8 Å². The van der Waals surface area contributed by atoms with Crippen molar-refractivity contribution < 1.29 is 4.79 Å². The van der Waals surface area contributed by atoms with Crippen LogP contribution >= 0.6 is 0 Å². The first kappa shape index (κ1) is 13.8. The van der Waals surface area contributed by atoms with E-state index < -0.39 is 0 Å². The van der Waals surface area contributed by atoms with Crippen molar-refractivity contribution in [3.8, 4) is 5.69 Å². The maximum atomic E-state index is 12.3. The molecule has 0 bridgehead atoms. The summed E-state index contributed by atoms with van der Waals surface area (Å²) in [6.07, 6.45) is 6.52. The van der Waals surface area contributed by atoms with Gasteiger partial charge in [0.05, 0.1) is 17.4 Å². The zero-order chi connectivity index (χ0) is 14.5. The number of hydrogen-bond acceptors (Lipinski definition) is 3. The molecule has 1 unspecified atom stereocenters. The summed E-state index contributed by atoms with van der Waals surface area (Å²) >= 11 is 0. The second-order valence-corrected chi connectivity index (χ2v) is 5.36. The Labute approximate surface area is 124 Å². The molecule has 1 aliphatic heterocycles. The minimum atomic E-state index is -0.0379. The van der Waals surface area contributed by atoms with E-state index in [0.29, 0.717) is 5.56 Å². The number of nitrogens with one attached hydrogen (secondary N) is 2. The van der Waals surface area contributed by atoms with E-state index in [1.807, 2.05) is 30.3 Å². The van der Waals surface area contributed by atoms with E-state index >= 15 is 0 Å². The summed E-state index contributed by atoms with van der Waals surface area (Å²) in [5.74, 6) is -0.0379. The number of para-hydroxylation sites is 1. The lowest BCUT2D eigenvalue weighted by Gasteiger charge is -2.14. The molecule has 5 heteroatoms. The quantitative estimate of drug-likeness (QED) is 0.902. The Balaban J connectivity index is 1.66. The summed E-state index contributed by atoms with van der Waals surface area (Å²) in [4.78, 5) is 12.3. The minimum absolute atomic E-state index is 0.0379. The van der Waals surface area contributed by atoms with Crippen molar-refractivity contribution in [3.05, 3.63) is 48.3 Å². The highest BCUT2D eigenvalue weighted by Crippen LogP contribution is 2.10. The average molecular weight is 284 g/mol. The van der Waals surface area contributed by atoms with Gasteiger partial charge in [0.1, 0.15) is 0 Å². The highest BCUT2D eigenvalue weighted by molar-refractivity contribution is 5.94. The third kappa shape index (κ3) is 3.49. The normalized spacial score (nSPS) is 19.0. The molecule has 1 amide bonds. The monoisotopic (exact) mass is 284 g/mol. The molecule has 1 aromatic heterocycles. The summed E-state index contributed by atoms with van der Waals surface area (Å²) in [6.45, 7) is 2.01. The predicted octanol–water partition coefficient (Wildman–Crippen LogP) is 1.74. The molecule has 2 heterocycles. The molecule has 3 rings (SSSR count). The van der Waals surface area contributed by atoms with Crippen molar-refractivity contribution >= 4 is 5.91 Å². The van der Waals surface area contributed by atoms with Gasteiger partial charge in [0.25, 0.3) is 5.91 Å². The van der Waals surface area contributed by atoms with Crippen molar-refractivity contribution in [2.45, 2.75) is 25.3 Å². The fourth-order valence-electron chi connectivity index (χ4n) is 2.59. The lowest BCUT2D eigenvalue weighted by molar-refractivity contribution is 0.0934. The van der Waals surface area contributed by atoms with Gasteiger partial charge in [-0.1, -0.05) is 18.2 Å². The van der Waals surface area contributed by atoms with E-state index in [1.165, 1.54) is 0 Å². The third-order valence-electron chi connectivity index (χ3n) is 3.78. The van der Waals surface area contributed by atoms with Crippen molar-refractivity contribution in [1.82, 2.24) is 20.4 Å². The van der Waals surface area contributed by atoms with E-state index in [9.17, 15) is 4.79 Å². The fourth-order valence-corrected chi connectivity index (χ4v) is 2.59. The Hall–Kier alpha value is -2.14. The standard InChI is InChI=1S/C16H20N4O/c21-16(19-14-5-4-9-17-10-8-14)13-11-18-20(12-13)15-6-2-1-3-7-15/h1-3,6-7,11-12,14,17H,4-5,8-10H2,(H,19,21). The number of benzene rings is 1. The predicted molar refractivity (Wildman–Crippen MR) is 81.5 cm³/mol. The number of hydrogen-bond donors (Lipinski definition) is 2. The van der Waals surface area contributed by atoms with Crippen molar-refractivity contribution in [3.63, 3.8) is 0 Å². The summed E-state index contributed by atoms with van der Waals surface area (Å²) in [5.41, 5.74) is 1.56. The summed E-state index contributed by atoms with van der Waals surface area (Å²) in [6, 6.07) is 10.1. The highest BCUT2D eigenvalue weighted by atomic mass is 16.1. The third-order valence-corrected chi connectivity index (χ3v) is 3.78. The average Bonchev–Trinajstić information content (AvgIpc) is 2.88. The zero-order valence-electron chi connectivity index (χ0n) is 12.0. The Morgan fingerprint density at radius 3 is 2.95 bits per heavy atom. The molecule has 1 atom stereocenters. The second kappa shape index (κ2) is 6.54. The molecular formula is C16H20N4O. The molecule has 21 heavy (non-hydrogen) atoms. The van der Waals surface area contributed by atoms with Gasteiger partial charge in [-0.15, -0.1) is 0 Å². The molecule has 2 aromatic rings. The first-order chi connectivity index (χ1) is 10.3. The summed E-state index contributed by atoms with van der Waals surface area (Å²) < 4.78 is 1.73. The van der Waals surface area contributed by atoms with Gasteiger partial charge in [-0.3, -0.25) is 4.79 Å². The molecular weight excluding hydrogens is 264 g/mol. The molecule has 5 nitrogen and oxygen atoms in total. The van der Waals surface area contributed by atoms with E-state index in [2.05, 4.69) is 15.7 Å². The van der Waals surface area contributed by atoms with Crippen molar-refractivity contribution in [1.29, 1.82) is 0 Å². The smallest absolute Gasteiger partial charge is 0.254 e. The number of carbonyl (C=O) groups excluding carboxylic acids is 1. The molecule has 0 radical (unpaired) electrons. The number of nitrogens with zero attached hydrogens (tertiary/aromatic N) is 2. The SMILES string of the molecule is O=C(NC1CCCNCC1)c1cnn(-c2ccccc2)c1. The van der Waals surface area contributed by atoms with Crippen LogP contribution in [0.3, 0.4) is 0 Å². The van der Waals surface area contributed by atoms with Gasteiger partial charge < -0.3 is 10.6 Å². The number of rotatable bonds is 3. The van der Waals surface area contributed by atoms with Gasteiger partial charge >= 0.3 is 0 Å². The van der Waals surface area contributed by atoms with E-state index in [-0.39, 0.29) is 11.9 Å². The molecule has 2 N–H and O–H groups in total. The van der Waals surface area contributed by atoms with Gasteiger partial charge in [0, 0.05) is 12.2 Å².